The van der Waals surface area contributed by atoms with E-state index in [4.69, 9.17) is 9.84 Å². The van der Waals surface area contributed by atoms with Crippen LogP contribution in [0.15, 0.2) is 103 Å². The van der Waals surface area contributed by atoms with Crippen molar-refractivity contribution in [2.45, 2.75) is 6.54 Å². The number of amides is 2. The van der Waals surface area contributed by atoms with Crippen molar-refractivity contribution in [2.75, 3.05) is 37.8 Å². The molecule has 1 N–H and O–H groups in total. The number of ketones is 1. The van der Waals surface area contributed by atoms with Crippen LogP contribution < -0.4 is 4.90 Å². The second-order valence-electron chi connectivity index (χ2n) is 9.24. The molecule has 1 heterocycles. The highest BCUT2D eigenvalue weighted by molar-refractivity contribution is 5.97. The van der Waals surface area contributed by atoms with E-state index in [-0.39, 0.29) is 11.8 Å². The number of morpholine rings is 1. The van der Waals surface area contributed by atoms with Gasteiger partial charge in [-0.3, -0.25) is 9.69 Å². The quantitative estimate of drug-likeness (QED) is 0.329. The predicted molar refractivity (Wildman–Crippen MR) is 149 cm³/mol. The number of benzene rings is 4. The van der Waals surface area contributed by atoms with Crippen LogP contribution >= 0.6 is 0 Å². The molecule has 6 nitrogen and oxygen atoms in total. The Morgan fingerprint density at radius 1 is 0.737 bits per heavy atom. The number of ether oxygens (including phenoxy) is 1. The summed E-state index contributed by atoms with van der Waals surface area (Å²) in [7, 11) is 0. The molecule has 4 aromatic rings. The van der Waals surface area contributed by atoms with Crippen LogP contribution in [0.1, 0.15) is 15.9 Å². The molecule has 1 fully saturated rings. The molecular formula is C32H30N2O4. The van der Waals surface area contributed by atoms with Crippen molar-refractivity contribution in [1.82, 2.24) is 4.90 Å². The van der Waals surface area contributed by atoms with Gasteiger partial charge in [-0.2, -0.15) is 0 Å². The maximum atomic E-state index is 13.6. The Kier molecular flexibility index (Phi) is 7.92. The van der Waals surface area contributed by atoms with Crippen LogP contribution in [0.25, 0.3) is 22.3 Å². The molecule has 4 aromatic carbocycles. The maximum absolute atomic E-state index is 13.6. The summed E-state index contributed by atoms with van der Waals surface area (Å²) in [5.74, 6) is -0.329. The van der Waals surface area contributed by atoms with Crippen LogP contribution in [0.3, 0.4) is 0 Å². The van der Waals surface area contributed by atoms with E-state index in [2.05, 4.69) is 36.4 Å². The molecular weight excluding hydrogens is 476 g/mol. The average Bonchev–Trinajstić information content (AvgIpc) is 3.00. The largest absolute Gasteiger partial charge is 0.388 e. The summed E-state index contributed by atoms with van der Waals surface area (Å²) in [5, 5.41) is 9.13. The molecule has 0 bridgehead atoms. The van der Waals surface area contributed by atoms with Gasteiger partial charge in [-0.15, -0.1) is 0 Å². The number of carbonyl (C=O) groups excluding carboxylic acids is 2. The van der Waals surface area contributed by atoms with E-state index in [9.17, 15) is 9.59 Å². The van der Waals surface area contributed by atoms with E-state index in [0.29, 0.717) is 38.4 Å². The van der Waals surface area contributed by atoms with Crippen molar-refractivity contribution in [1.29, 1.82) is 0 Å². The van der Waals surface area contributed by atoms with Crippen LogP contribution in [0.4, 0.5) is 10.5 Å². The van der Waals surface area contributed by atoms with E-state index >= 15 is 0 Å². The zero-order chi connectivity index (χ0) is 26.3. The highest BCUT2D eigenvalue weighted by Crippen LogP contribution is 2.29. The lowest BCUT2D eigenvalue weighted by Gasteiger charge is -2.33. The van der Waals surface area contributed by atoms with Gasteiger partial charge in [0.15, 0.2) is 5.78 Å². The van der Waals surface area contributed by atoms with Crippen LogP contribution in [0.5, 0.6) is 0 Å². The Balaban J connectivity index is 1.41. The third kappa shape index (κ3) is 5.83. The number of carbonyl (C=O) groups is 2. The van der Waals surface area contributed by atoms with E-state index in [1.54, 1.807) is 17.0 Å². The lowest BCUT2D eigenvalue weighted by molar-refractivity contribution is 0.0548. The number of anilines is 1. The summed E-state index contributed by atoms with van der Waals surface area (Å²) in [6, 6.07) is 33.7. The summed E-state index contributed by atoms with van der Waals surface area (Å²) < 4.78 is 5.44. The summed E-state index contributed by atoms with van der Waals surface area (Å²) in [5.41, 5.74) is 6.62. The first-order valence-electron chi connectivity index (χ1n) is 12.8. The monoisotopic (exact) mass is 506 g/mol. The second-order valence-corrected chi connectivity index (χ2v) is 9.24. The van der Waals surface area contributed by atoms with Gasteiger partial charge >= 0.3 is 6.03 Å². The Morgan fingerprint density at radius 3 is 1.97 bits per heavy atom. The van der Waals surface area contributed by atoms with Crippen LogP contribution in [0.2, 0.25) is 0 Å². The van der Waals surface area contributed by atoms with Crippen molar-refractivity contribution < 1.29 is 19.4 Å². The molecule has 0 aliphatic carbocycles. The summed E-state index contributed by atoms with van der Waals surface area (Å²) >= 11 is 0. The number of hydrogen-bond acceptors (Lipinski definition) is 4. The minimum Gasteiger partial charge on any atom is -0.388 e. The molecule has 1 aliphatic heterocycles. The Hall–Kier alpha value is -4.26. The molecule has 38 heavy (non-hydrogen) atoms. The van der Waals surface area contributed by atoms with Crippen molar-refractivity contribution in [3.63, 3.8) is 0 Å². The van der Waals surface area contributed by atoms with E-state index in [0.717, 1.165) is 27.9 Å². The van der Waals surface area contributed by atoms with Gasteiger partial charge in [-0.25, -0.2) is 4.79 Å². The molecule has 5 rings (SSSR count). The molecule has 0 spiro atoms. The number of hydrogen-bond donors (Lipinski definition) is 1. The first kappa shape index (κ1) is 25.4. The van der Waals surface area contributed by atoms with Gasteiger partial charge < -0.3 is 14.7 Å². The van der Waals surface area contributed by atoms with Gasteiger partial charge in [0.2, 0.25) is 0 Å². The molecule has 192 valence electrons. The van der Waals surface area contributed by atoms with Gasteiger partial charge in [0.1, 0.15) is 6.61 Å². The maximum Gasteiger partial charge on any atom is 0.324 e. The Bertz CT molecular complexity index is 1380. The molecule has 1 aliphatic rings. The number of Topliss-reactive ketones (excluding diaryl/α,β-unsaturated/α-hetero) is 1. The number of aliphatic hydroxyl groups excluding tert-OH is 1. The van der Waals surface area contributed by atoms with Crippen LogP contribution in [-0.2, 0) is 11.3 Å². The summed E-state index contributed by atoms with van der Waals surface area (Å²) in [6.07, 6.45) is 0. The normalized spacial score (nSPS) is 13.2. The minimum atomic E-state index is -0.526. The van der Waals surface area contributed by atoms with Crippen molar-refractivity contribution in [3.8, 4) is 22.3 Å². The SMILES string of the molecule is O=C(CO)c1ccc(CN(C(=O)N2CCOCC2)c2ccc(-c3cccc(-c4ccccc4)c3)cc2)cc1. The molecule has 0 unspecified atom stereocenters. The third-order valence-electron chi connectivity index (χ3n) is 6.75. The number of nitrogens with zero attached hydrogens (tertiary/aromatic N) is 2. The fourth-order valence-electron chi connectivity index (χ4n) is 4.61. The van der Waals surface area contributed by atoms with Gasteiger partial charge in [0.05, 0.1) is 19.8 Å². The molecule has 0 aromatic heterocycles. The number of aliphatic hydroxyl groups is 1. The lowest BCUT2D eigenvalue weighted by Crippen LogP contribution is -2.48. The molecule has 0 atom stereocenters. The molecule has 0 radical (unpaired) electrons. The smallest absolute Gasteiger partial charge is 0.324 e. The van der Waals surface area contributed by atoms with Gasteiger partial charge in [0.25, 0.3) is 0 Å². The van der Waals surface area contributed by atoms with Crippen molar-refractivity contribution in [2.24, 2.45) is 0 Å². The molecule has 0 saturated carbocycles. The summed E-state index contributed by atoms with van der Waals surface area (Å²) in [4.78, 5) is 29.0. The van der Waals surface area contributed by atoms with E-state index in [1.807, 2.05) is 59.5 Å². The van der Waals surface area contributed by atoms with Crippen molar-refractivity contribution in [3.05, 3.63) is 114 Å². The summed E-state index contributed by atoms with van der Waals surface area (Å²) in [6.45, 7) is 1.96. The van der Waals surface area contributed by atoms with E-state index < -0.39 is 6.61 Å². The minimum absolute atomic E-state index is 0.0809. The number of urea groups is 1. The molecule has 1 saturated heterocycles. The fourth-order valence-corrected chi connectivity index (χ4v) is 4.61. The van der Waals surface area contributed by atoms with Crippen LogP contribution in [0, 0.1) is 0 Å². The standard InChI is InChI=1S/C32H30N2O4/c35-23-31(36)27-11-9-24(10-12-27)22-34(32(37)33-17-19-38-20-18-33)30-15-13-26(14-16-30)29-8-4-7-28(21-29)25-5-2-1-3-6-25/h1-16,21,35H,17-20,22-23H2. The van der Waals surface area contributed by atoms with E-state index in [1.165, 1.54) is 5.56 Å². The van der Waals surface area contributed by atoms with Gasteiger partial charge in [-0.1, -0.05) is 84.9 Å². The number of rotatable bonds is 7. The predicted octanol–water partition coefficient (Wildman–Crippen LogP) is 5.65. The molecule has 2 amide bonds. The lowest BCUT2D eigenvalue weighted by atomic mass is 9.99. The third-order valence-corrected chi connectivity index (χ3v) is 6.75. The van der Waals surface area contributed by atoms with Crippen LogP contribution in [-0.4, -0.2) is 54.7 Å². The van der Waals surface area contributed by atoms with Gasteiger partial charge in [0, 0.05) is 24.3 Å². The fraction of sp³-hybridized carbons (Fsp3) is 0.188. The Morgan fingerprint density at radius 2 is 1.34 bits per heavy atom. The zero-order valence-electron chi connectivity index (χ0n) is 21.1. The van der Waals surface area contributed by atoms with Crippen molar-refractivity contribution >= 4 is 17.5 Å². The zero-order valence-corrected chi connectivity index (χ0v) is 21.1. The second kappa shape index (κ2) is 11.9. The highest BCUT2D eigenvalue weighted by atomic mass is 16.5. The first-order valence-corrected chi connectivity index (χ1v) is 12.8. The highest BCUT2D eigenvalue weighted by Gasteiger charge is 2.24. The topological polar surface area (TPSA) is 70.1 Å². The first-order chi connectivity index (χ1) is 18.6. The molecule has 6 heteroatoms. The average molecular weight is 507 g/mol. The Labute approximate surface area is 222 Å². The van der Waals surface area contributed by atoms with Gasteiger partial charge in [-0.05, 0) is 46.0 Å².